The third kappa shape index (κ3) is 2.21. The number of esters is 1. The lowest BCUT2D eigenvalue weighted by atomic mass is 9.92. The lowest BCUT2D eigenvalue weighted by molar-refractivity contribution is -0.156. The summed E-state index contributed by atoms with van der Waals surface area (Å²) in [6.45, 7) is 2.54. The van der Waals surface area contributed by atoms with E-state index in [1.54, 1.807) is 0 Å². The number of carbonyl (C=O) groups excluding carboxylic acids is 2. The molecule has 2 aliphatic rings. The molecule has 1 unspecified atom stereocenters. The summed E-state index contributed by atoms with van der Waals surface area (Å²) in [5.41, 5.74) is -0.154. The summed E-state index contributed by atoms with van der Waals surface area (Å²) in [7, 11) is 0. The minimum Gasteiger partial charge on any atom is -0.477 e. The van der Waals surface area contributed by atoms with Crippen LogP contribution in [0.15, 0.2) is 10.6 Å². The number of aliphatic hydroxyl groups is 1. The van der Waals surface area contributed by atoms with Crippen LogP contribution in [-0.2, 0) is 19.1 Å². The quantitative estimate of drug-likeness (QED) is 0.543. The normalized spacial score (nSPS) is 26.9. The van der Waals surface area contributed by atoms with Crippen molar-refractivity contribution in [3.05, 3.63) is 10.6 Å². The summed E-state index contributed by atoms with van der Waals surface area (Å²) in [6, 6.07) is 0. The van der Waals surface area contributed by atoms with E-state index in [9.17, 15) is 19.5 Å². The van der Waals surface area contributed by atoms with Gasteiger partial charge in [-0.2, -0.15) is 0 Å². The largest absolute Gasteiger partial charge is 0.477 e. The highest BCUT2D eigenvalue weighted by atomic mass is 32.2. The Morgan fingerprint density at radius 3 is 2.63 bits per heavy atom. The molecule has 0 bridgehead atoms. The van der Waals surface area contributed by atoms with E-state index in [2.05, 4.69) is 0 Å². The van der Waals surface area contributed by atoms with Crippen LogP contribution in [0.4, 0.5) is 0 Å². The third-order valence-electron chi connectivity index (χ3n) is 2.98. The molecule has 2 N–H and O–H groups in total. The molecule has 1 fully saturated rings. The number of carboxylic acid groups (broad SMARTS) is 1. The predicted octanol–water partition coefficient (Wildman–Crippen LogP) is -0.242. The van der Waals surface area contributed by atoms with Gasteiger partial charge in [-0.3, -0.25) is 14.5 Å². The zero-order valence-corrected chi connectivity index (χ0v) is 11.1. The van der Waals surface area contributed by atoms with E-state index in [0.717, 1.165) is 16.7 Å². The maximum absolute atomic E-state index is 11.8. The standard InChI is InChI=1S/C11H13NO6S/c1-4(13)7-9(15)12-8(11(16)17)6(19-10(7)12)3-18-5(2)14/h4,7,10,13H,3H2,1-2H3,(H,16,17)/t4?,7-,10+/m0/s1. The molecule has 104 valence electrons. The van der Waals surface area contributed by atoms with Crippen molar-refractivity contribution in [3.8, 4) is 0 Å². The molecule has 3 atom stereocenters. The molecule has 7 nitrogen and oxygen atoms in total. The van der Waals surface area contributed by atoms with Crippen molar-refractivity contribution in [2.45, 2.75) is 25.3 Å². The lowest BCUT2D eigenvalue weighted by Gasteiger charge is -2.43. The molecular weight excluding hydrogens is 274 g/mol. The van der Waals surface area contributed by atoms with Gasteiger partial charge in [-0.25, -0.2) is 4.79 Å². The Labute approximate surface area is 113 Å². The minimum atomic E-state index is -1.24. The van der Waals surface area contributed by atoms with Crippen molar-refractivity contribution in [1.82, 2.24) is 4.90 Å². The number of nitrogens with zero attached hydrogens (tertiary/aromatic N) is 1. The molecule has 0 spiro atoms. The number of hydrogen-bond donors (Lipinski definition) is 2. The van der Waals surface area contributed by atoms with E-state index in [-0.39, 0.29) is 12.3 Å². The second kappa shape index (κ2) is 4.86. The van der Waals surface area contributed by atoms with E-state index in [1.807, 2.05) is 0 Å². The molecule has 0 aromatic rings. The first-order valence-corrected chi connectivity index (χ1v) is 6.50. The number of aliphatic carboxylic acids is 1. The van der Waals surface area contributed by atoms with Crippen molar-refractivity contribution < 1.29 is 29.3 Å². The first-order valence-electron chi connectivity index (χ1n) is 5.62. The molecule has 8 heteroatoms. The Hall–Kier alpha value is -1.54. The zero-order valence-electron chi connectivity index (χ0n) is 10.3. The molecule has 19 heavy (non-hydrogen) atoms. The second-order valence-corrected chi connectivity index (χ2v) is 5.55. The van der Waals surface area contributed by atoms with E-state index in [4.69, 9.17) is 9.84 Å². The molecule has 0 aromatic heterocycles. The summed E-state index contributed by atoms with van der Waals surface area (Å²) in [5.74, 6) is -2.79. The fourth-order valence-electron chi connectivity index (χ4n) is 2.12. The Morgan fingerprint density at radius 2 is 2.16 bits per heavy atom. The SMILES string of the molecule is CC(=O)OCC1=C(C(=O)O)N2C(=O)[C@H](C(C)O)[C@H]2S1. The monoisotopic (exact) mass is 287 g/mol. The van der Waals surface area contributed by atoms with Crippen LogP contribution in [0.2, 0.25) is 0 Å². The number of ether oxygens (including phenoxy) is 1. The molecule has 0 radical (unpaired) electrons. The summed E-state index contributed by atoms with van der Waals surface area (Å²) < 4.78 is 4.78. The summed E-state index contributed by atoms with van der Waals surface area (Å²) >= 11 is 1.15. The second-order valence-electron chi connectivity index (χ2n) is 4.34. The maximum Gasteiger partial charge on any atom is 0.353 e. The molecule has 0 saturated carbocycles. The highest BCUT2D eigenvalue weighted by molar-refractivity contribution is 8.04. The molecule has 0 aromatic carbocycles. The Kier molecular flexibility index (Phi) is 3.55. The topological polar surface area (TPSA) is 104 Å². The van der Waals surface area contributed by atoms with Crippen LogP contribution in [0, 0.1) is 5.92 Å². The van der Waals surface area contributed by atoms with Crippen LogP contribution in [0.5, 0.6) is 0 Å². The van der Waals surface area contributed by atoms with Gasteiger partial charge >= 0.3 is 11.9 Å². The van der Waals surface area contributed by atoms with Gasteiger partial charge in [-0.05, 0) is 6.92 Å². The van der Waals surface area contributed by atoms with Gasteiger partial charge in [0.05, 0.1) is 16.9 Å². The van der Waals surface area contributed by atoms with E-state index in [0.29, 0.717) is 4.91 Å². The van der Waals surface area contributed by atoms with Crippen LogP contribution < -0.4 is 0 Å². The first-order chi connectivity index (χ1) is 8.84. The van der Waals surface area contributed by atoms with E-state index >= 15 is 0 Å². The number of hydrogen-bond acceptors (Lipinski definition) is 6. The molecule has 1 saturated heterocycles. The summed E-state index contributed by atoms with van der Waals surface area (Å²) in [5, 5.41) is 18.2. The molecule has 2 rings (SSSR count). The Balaban J connectivity index is 2.21. The number of carbonyl (C=O) groups is 3. The lowest BCUT2D eigenvalue weighted by Crippen LogP contribution is -2.60. The van der Waals surface area contributed by atoms with E-state index in [1.165, 1.54) is 13.8 Å². The average molecular weight is 287 g/mol. The predicted molar refractivity (Wildman–Crippen MR) is 64.7 cm³/mol. The van der Waals surface area contributed by atoms with Gasteiger partial charge in [0, 0.05) is 6.92 Å². The van der Waals surface area contributed by atoms with Crippen molar-refractivity contribution in [2.75, 3.05) is 6.61 Å². The van der Waals surface area contributed by atoms with Crippen LogP contribution >= 0.6 is 11.8 Å². The molecule has 2 aliphatic heterocycles. The van der Waals surface area contributed by atoms with Gasteiger partial charge < -0.3 is 14.9 Å². The minimum absolute atomic E-state index is 0.154. The number of amides is 1. The van der Waals surface area contributed by atoms with Gasteiger partial charge in [0.15, 0.2) is 0 Å². The van der Waals surface area contributed by atoms with Gasteiger partial charge in [-0.1, -0.05) is 11.8 Å². The van der Waals surface area contributed by atoms with Crippen molar-refractivity contribution in [3.63, 3.8) is 0 Å². The number of aliphatic hydroxyl groups excluding tert-OH is 1. The maximum atomic E-state index is 11.8. The van der Waals surface area contributed by atoms with Gasteiger partial charge in [0.1, 0.15) is 17.7 Å². The van der Waals surface area contributed by atoms with Crippen molar-refractivity contribution in [2.24, 2.45) is 5.92 Å². The van der Waals surface area contributed by atoms with Gasteiger partial charge in [0.25, 0.3) is 0 Å². The van der Waals surface area contributed by atoms with Crippen LogP contribution in [0.1, 0.15) is 13.8 Å². The van der Waals surface area contributed by atoms with E-state index < -0.39 is 35.2 Å². The average Bonchev–Trinajstić information content (AvgIpc) is 2.60. The number of rotatable bonds is 4. The summed E-state index contributed by atoms with van der Waals surface area (Å²) in [4.78, 5) is 35.3. The Morgan fingerprint density at radius 1 is 1.53 bits per heavy atom. The highest BCUT2D eigenvalue weighted by Crippen LogP contribution is 2.50. The molecule has 0 aliphatic carbocycles. The highest BCUT2D eigenvalue weighted by Gasteiger charge is 2.57. The third-order valence-corrected chi connectivity index (χ3v) is 4.32. The Bertz CT molecular complexity index is 486. The molecule has 1 amide bonds. The number of fused-ring (bicyclic) bond motifs is 1. The fraction of sp³-hybridized carbons (Fsp3) is 0.545. The van der Waals surface area contributed by atoms with Crippen LogP contribution in [-0.4, -0.2) is 51.0 Å². The van der Waals surface area contributed by atoms with Crippen LogP contribution in [0.25, 0.3) is 0 Å². The number of carboxylic acids is 1. The first kappa shape index (κ1) is 13.9. The number of thioether (sulfide) groups is 1. The van der Waals surface area contributed by atoms with Gasteiger partial charge in [0.2, 0.25) is 5.91 Å². The smallest absolute Gasteiger partial charge is 0.353 e. The zero-order chi connectivity index (χ0) is 14.3. The number of β-lactam (4-membered cyclic amide) rings is 1. The fourth-order valence-corrected chi connectivity index (χ4v) is 3.64. The van der Waals surface area contributed by atoms with Crippen LogP contribution in [0.3, 0.4) is 0 Å². The van der Waals surface area contributed by atoms with Crippen molar-refractivity contribution >= 4 is 29.6 Å². The summed E-state index contributed by atoms with van der Waals surface area (Å²) in [6.07, 6.45) is -0.843. The van der Waals surface area contributed by atoms with Crippen molar-refractivity contribution in [1.29, 1.82) is 0 Å². The molecular formula is C11H13NO6S. The van der Waals surface area contributed by atoms with Gasteiger partial charge in [-0.15, -0.1) is 0 Å². The molecule has 2 heterocycles.